The van der Waals surface area contributed by atoms with Gasteiger partial charge in [-0.1, -0.05) is 73.8 Å². The minimum absolute atomic E-state index is 0.132. The minimum Gasteiger partial charge on any atom is -0.490 e. The van der Waals surface area contributed by atoms with Crippen LogP contribution >= 0.6 is 0 Å². The molecule has 210 valence electrons. The van der Waals surface area contributed by atoms with Crippen molar-refractivity contribution in [2.24, 2.45) is 0 Å². The Hall–Kier alpha value is -4.20. The smallest absolute Gasteiger partial charge is 0.335 e. The minimum atomic E-state index is -0.485. The van der Waals surface area contributed by atoms with Crippen LogP contribution in [0, 0.1) is 0 Å². The summed E-state index contributed by atoms with van der Waals surface area (Å²) < 4.78 is 25.7. The third kappa shape index (κ3) is 9.52. The first-order valence-electron chi connectivity index (χ1n) is 13.0. The molecule has 3 rings (SSSR count). The second-order valence-corrected chi connectivity index (χ2v) is 9.10. The molecule has 0 heterocycles. The summed E-state index contributed by atoms with van der Waals surface area (Å²) in [4.78, 5) is 23.4. The van der Waals surface area contributed by atoms with Crippen molar-refractivity contribution in [1.82, 2.24) is 0 Å². The highest BCUT2D eigenvalue weighted by Gasteiger charge is 2.09. The fraction of sp³-hybridized carbons (Fsp3) is 0.273. The molecule has 0 N–H and O–H groups in total. The number of hydrogen-bond acceptors (Lipinski definition) is 7. The van der Waals surface area contributed by atoms with Gasteiger partial charge in [0, 0.05) is 14.2 Å². The zero-order valence-corrected chi connectivity index (χ0v) is 23.1. The Morgan fingerprint density at radius 1 is 0.600 bits per heavy atom. The second kappa shape index (κ2) is 16.0. The molecule has 7 heteroatoms. The molecule has 3 aromatic rings. The zero-order valence-electron chi connectivity index (χ0n) is 23.1. The standard InChI is InChI=1S/C33H36O7/c1-24(22-36-3)32(34)39-19-5-6-26-7-9-27(10-8-26)28-11-13-29(14-12-28)30-15-17-31(18-16-30)38-20-21-40-33(35)25(2)23-37-4/h7-18H,1-2,5-6,19-23H2,3-4H3. The van der Waals surface area contributed by atoms with Crippen LogP contribution in [-0.2, 0) is 35.0 Å². The topological polar surface area (TPSA) is 80.3 Å². The van der Waals surface area contributed by atoms with E-state index in [1.54, 1.807) is 0 Å². The third-order valence-corrected chi connectivity index (χ3v) is 6.00. The van der Waals surface area contributed by atoms with Gasteiger partial charge in [0.15, 0.2) is 0 Å². The van der Waals surface area contributed by atoms with Crippen LogP contribution < -0.4 is 4.74 Å². The van der Waals surface area contributed by atoms with Crippen molar-refractivity contribution in [2.75, 3.05) is 47.3 Å². The van der Waals surface area contributed by atoms with E-state index in [1.807, 2.05) is 24.3 Å². The summed E-state index contributed by atoms with van der Waals surface area (Å²) in [5.74, 6) is -0.200. The molecule has 40 heavy (non-hydrogen) atoms. The normalized spacial score (nSPS) is 10.6. The quantitative estimate of drug-likeness (QED) is 0.128. The molecular weight excluding hydrogens is 508 g/mol. The lowest BCUT2D eigenvalue weighted by molar-refractivity contribution is -0.140. The molecule has 0 aliphatic rings. The molecule has 3 aromatic carbocycles. The molecule has 0 unspecified atom stereocenters. The maximum atomic E-state index is 11.7. The Balaban J connectivity index is 1.44. The number of hydrogen-bond donors (Lipinski definition) is 0. The summed E-state index contributed by atoms with van der Waals surface area (Å²) >= 11 is 0. The predicted molar refractivity (Wildman–Crippen MR) is 155 cm³/mol. The van der Waals surface area contributed by atoms with Gasteiger partial charge in [-0.15, -0.1) is 0 Å². The first kappa shape index (κ1) is 30.3. The van der Waals surface area contributed by atoms with Gasteiger partial charge in [-0.2, -0.15) is 0 Å². The van der Waals surface area contributed by atoms with Crippen molar-refractivity contribution in [1.29, 1.82) is 0 Å². The molecule has 0 aliphatic heterocycles. The Bertz CT molecular complexity index is 1160. The fourth-order valence-electron chi connectivity index (χ4n) is 3.87. The number of esters is 2. The zero-order chi connectivity index (χ0) is 28.7. The number of carbonyl (C=O) groups excluding carboxylic acids is 2. The molecule has 0 aliphatic carbocycles. The molecular formula is C33H36O7. The summed E-state index contributed by atoms with van der Waals surface area (Å²) in [7, 11) is 3.01. The van der Waals surface area contributed by atoms with E-state index in [4.69, 9.17) is 23.7 Å². The van der Waals surface area contributed by atoms with E-state index in [2.05, 4.69) is 61.7 Å². The molecule has 0 spiro atoms. The van der Waals surface area contributed by atoms with Crippen LogP contribution in [-0.4, -0.2) is 59.2 Å². The molecule has 0 saturated heterocycles. The van der Waals surface area contributed by atoms with Gasteiger partial charge in [0.25, 0.3) is 0 Å². The lowest BCUT2D eigenvalue weighted by Crippen LogP contribution is -2.15. The molecule has 0 bridgehead atoms. The number of aryl methyl sites for hydroxylation is 1. The molecule has 0 atom stereocenters. The van der Waals surface area contributed by atoms with Crippen molar-refractivity contribution in [3.63, 3.8) is 0 Å². The lowest BCUT2D eigenvalue weighted by Gasteiger charge is -2.10. The van der Waals surface area contributed by atoms with Crippen LogP contribution in [0.15, 0.2) is 97.1 Å². The Labute approximate surface area is 236 Å². The van der Waals surface area contributed by atoms with Gasteiger partial charge in [0.1, 0.15) is 19.0 Å². The lowest BCUT2D eigenvalue weighted by atomic mass is 9.99. The second-order valence-electron chi connectivity index (χ2n) is 9.10. The average Bonchev–Trinajstić information content (AvgIpc) is 2.98. The van der Waals surface area contributed by atoms with Crippen molar-refractivity contribution < 1.29 is 33.3 Å². The van der Waals surface area contributed by atoms with Gasteiger partial charge in [-0.25, -0.2) is 9.59 Å². The van der Waals surface area contributed by atoms with Gasteiger partial charge in [0.2, 0.25) is 0 Å². The predicted octanol–water partition coefficient (Wildman–Crippen LogP) is 5.82. The number of ether oxygens (including phenoxy) is 5. The van der Waals surface area contributed by atoms with Crippen molar-refractivity contribution in [3.8, 4) is 28.0 Å². The number of carbonyl (C=O) groups is 2. The monoisotopic (exact) mass is 544 g/mol. The van der Waals surface area contributed by atoms with E-state index in [0.29, 0.717) is 17.9 Å². The molecule has 0 fully saturated rings. The summed E-state index contributed by atoms with van der Waals surface area (Å²) in [5, 5.41) is 0. The van der Waals surface area contributed by atoms with E-state index in [9.17, 15) is 9.59 Å². The van der Waals surface area contributed by atoms with Crippen LogP contribution in [0.5, 0.6) is 5.75 Å². The van der Waals surface area contributed by atoms with Gasteiger partial charge in [-0.3, -0.25) is 0 Å². The first-order chi connectivity index (χ1) is 19.4. The highest BCUT2D eigenvalue weighted by molar-refractivity contribution is 5.88. The SMILES string of the molecule is C=C(COC)C(=O)OCCCc1ccc(-c2ccc(-c3ccc(OCCOC(=O)C(=C)COC)cc3)cc2)cc1. The van der Waals surface area contributed by atoms with Gasteiger partial charge in [0.05, 0.1) is 31.0 Å². The maximum absolute atomic E-state index is 11.7. The van der Waals surface area contributed by atoms with Crippen LogP contribution in [0.4, 0.5) is 0 Å². The van der Waals surface area contributed by atoms with E-state index >= 15 is 0 Å². The molecule has 0 saturated carbocycles. The maximum Gasteiger partial charge on any atom is 0.335 e. The van der Waals surface area contributed by atoms with Gasteiger partial charge in [-0.05, 0) is 52.8 Å². The molecule has 0 radical (unpaired) electrons. The van der Waals surface area contributed by atoms with E-state index in [-0.39, 0.29) is 32.0 Å². The molecule has 7 nitrogen and oxygen atoms in total. The van der Waals surface area contributed by atoms with Gasteiger partial charge < -0.3 is 23.7 Å². The largest absolute Gasteiger partial charge is 0.490 e. The van der Waals surface area contributed by atoms with Gasteiger partial charge >= 0.3 is 11.9 Å². The summed E-state index contributed by atoms with van der Waals surface area (Å²) in [6.45, 7) is 8.31. The van der Waals surface area contributed by atoms with Crippen LogP contribution in [0.2, 0.25) is 0 Å². The molecule has 0 aromatic heterocycles. The number of benzene rings is 3. The summed E-state index contributed by atoms with van der Waals surface area (Å²) in [6.07, 6.45) is 1.56. The summed E-state index contributed by atoms with van der Waals surface area (Å²) in [5.41, 5.74) is 6.21. The van der Waals surface area contributed by atoms with E-state index in [1.165, 1.54) is 19.8 Å². The fourth-order valence-corrected chi connectivity index (χ4v) is 3.87. The third-order valence-electron chi connectivity index (χ3n) is 6.00. The number of methoxy groups -OCH3 is 2. The molecule has 0 amide bonds. The highest BCUT2D eigenvalue weighted by atomic mass is 16.6. The number of rotatable bonds is 16. The first-order valence-corrected chi connectivity index (χ1v) is 13.0. The van der Waals surface area contributed by atoms with E-state index in [0.717, 1.165) is 35.1 Å². The summed E-state index contributed by atoms with van der Waals surface area (Å²) in [6, 6.07) is 24.6. The van der Waals surface area contributed by atoms with Crippen LogP contribution in [0.25, 0.3) is 22.3 Å². The van der Waals surface area contributed by atoms with Crippen molar-refractivity contribution >= 4 is 11.9 Å². The van der Waals surface area contributed by atoms with Crippen molar-refractivity contribution in [3.05, 3.63) is 103 Å². The highest BCUT2D eigenvalue weighted by Crippen LogP contribution is 2.26. The Morgan fingerprint density at radius 2 is 1.02 bits per heavy atom. The van der Waals surface area contributed by atoms with Crippen LogP contribution in [0.1, 0.15) is 12.0 Å². The average molecular weight is 545 g/mol. The Morgan fingerprint density at radius 3 is 1.50 bits per heavy atom. The van der Waals surface area contributed by atoms with Crippen molar-refractivity contribution in [2.45, 2.75) is 12.8 Å². The Kier molecular flexibility index (Phi) is 12.2. The van der Waals surface area contributed by atoms with Crippen LogP contribution in [0.3, 0.4) is 0 Å². The van der Waals surface area contributed by atoms with E-state index < -0.39 is 11.9 Å².